The third-order valence-electron chi connectivity index (χ3n) is 3.04. The van der Waals surface area contributed by atoms with Gasteiger partial charge in [0, 0.05) is 12.8 Å². The molecule has 0 aromatic carbocycles. The van der Waals surface area contributed by atoms with Crippen LogP contribution in [-0.4, -0.2) is 5.78 Å². The van der Waals surface area contributed by atoms with Crippen molar-refractivity contribution in [2.45, 2.75) is 64.7 Å². The van der Waals surface area contributed by atoms with Crippen molar-refractivity contribution in [2.75, 3.05) is 0 Å². The van der Waals surface area contributed by atoms with Crippen molar-refractivity contribution in [3.63, 3.8) is 0 Å². The molecule has 0 aromatic rings. The predicted molar refractivity (Wildman–Crippen MR) is 69.5 cm³/mol. The van der Waals surface area contributed by atoms with Crippen molar-refractivity contribution in [3.8, 4) is 0 Å². The molecule has 0 radical (unpaired) electrons. The van der Waals surface area contributed by atoms with Crippen molar-refractivity contribution >= 4 is 5.78 Å². The minimum Gasteiger partial charge on any atom is -0.299 e. The molecular formula is C15H24O. The van der Waals surface area contributed by atoms with Crippen molar-refractivity contribution in [3.05, 3.63) is 23.8 Å². The first-order valence-electron chi connectivity index (χ1n) is 6.61. The first-order chi connectivity index (χ1) is 7.79. The van der Waals surface area contributed by atoms with Crippen LogP contribution in [0.25, 0.3) is 0 Å². The molecule has 0 atom stereocenters. The van der Waals surface area contributed by atoms with Crippen LogP contribution >= 0.6 is 0 Å². The molecule has 0 spiro atoms. The topological polar surface area (TPSA) is 17.1 Å². The van der Waals surface area contributed by atoms with Gasteiger partial charge in [0.25, 0.3) is 0 Å². The largest absolute Gasteiger partial charge is 0.299 e. The van der Waals surface area contributed by atoms with Crippen LogP contribution in [0.1, 0.15) is 64.7 Å². The Hall–Kier alpha value is -0.850. The molecule has 1 nitrogen and oxygen atoms in total. The summed E-state index contributed by atoms with van der Waals surface area (Å²) >= 11 is 0. The van der Waals surface area contributed by atoms with E-state index in [1.165, 1.54) is 31.3 Å². The van der Waals surface area contributed by atoms with E-state index in [1.807, 2.05) is 0 Å². The number of ketones is 1. The molecule has 0 bridgehead atoms. The lowest BCUT2D eigenvalue weighted by Crippen LogP contribution is -1.98. The zero-order valence-electron chi connectivity index (χ0n) is 10.5. The van der Waals surface area contributed by atoms with E-state index in [-0.39, 0.29) is 0 Å². The van der Waals surface area contributed by atoms with Crippen LogP contribution in [-0.2, 0) is 4.79 Å². The summed E-state index contributed by atoms with van der Waals surface area (Å²) in [6.07, 6.45) is 16.5. The second kappa shape index (κ2) is 8.32. The maximum Gasteiger partial charge on any atom is 0.136 e. The van der Waals surface area contributed by atoms with Gasteiger partial charge in [-0.15, -0.1) is 0 Å². The zero-order chi connectivity index (χ0) is 11.6. The van der Waals surface area contributed by atoms with Gasteiger partial charge in [0.05, 0.1) is 0 Å². The highest BCUT2D eigenvalue weighted by Gasteiger charge is 2.02. The standard InChI is InChI=1S/C15H24O/c1-14-11-9-7-5-3-2-4-6-8-10-12-15(16)13-14/h4,6,11H,2-3,5,7-10,12-13H2,1H3/b6-4+,14-11+. The Balaban J connectivity index is 2.40. The van der Waals surface area contributed by atoms with E-state index >= 15 is 0 Å². The van der Waals surface area contributed by atoms with Gasteiger partial charge in [0.2, 0.25) is 0 Å². The molecule has 0 amide bonds. The molecule has 0 fully saturated rings. The van der Waals surface area contributed by atoms with E-state index in [9.17, 15) is 4.79 Å². The summed E-state index contributed by atoms with van der Waals surface area (Å²) in [6, 6.07) is 0. The fourth-order valence-electron chi connectivity index (χ4n) is 2.06. The van der Waals surface area contributed by atoms with Crippen molar-refractivity contribution in [1.82, 2.24) is 0 Å². The second-order valence-electron chi connectivity index (χ2n) is 4.77. The number of carbonyl (C=O) groups excluding carboxylic acids is 1. The Morgan fingerprint density at radius 2 is 1.62 bits per heavy atom. The molecule has 1 heteroatoms. The highest BCUT2D eigenvalue weighted by Crippen LogP contribution is 2.12. The van der Waals surface area contributed by atoms with Gasteiger partial charge < -0.3 is 0 Å². The number of hydrogen-bond acceptors (Lipinski definition) is 1. The number of Topliss-reactive ketones (excluding diaryl/α,β-unsaturated/α-hetero) is 1. The summed E-state index contributed by atoms with van der Waals surface area (Å²) in [5.74, 6) is 0.402. The second-order valence-corrected chi connectivity index (χ2v) is 4.77. The molecule has 0 unspecified atom stereocenters. The molecule has 1 aliphatic rings. The fourth-order valence-corrected chi connectivity index (χ4v) is 2.06. The number of allylic oxidation sites excluding steroid dienone is 4. The Morgan fingerprint density at radius 3 is 2.44 bits per heavy atom. The highest BCUT2D eigenvalue weighted by molar-refractivity contribution is 5.80. The summed E-state index contributed by atoms with van der Waals surface area (Å²) in [5, 5.41) is 0. The van der Waals surface area contributed by atoms with Gasteiger partial charge in [-0.2, -0.15) is 0 Å². The van der Waals surface area contributed by atoms with Crippen LogP contribution in [0.5, 0.6) is 0 Å². The summed E-state index contributed by atoms with van der Waals surface area (Å²) in [4.78, 5) is 11.6. The minimum atomic E-state index is 0.402. The van der Waals surface area contributed by atoms with Gasteiger partial charge in [-0.25, -0.2) is 0 Å². The van der Waals surface area contributed by atoms with Gasteiger partial charge >= 0.3 is 0 Å². The number of rotatable bonds is 0. The lowest BCUT2D eigenvalue weighted by atomic mass is 10.0. The van der Waals surface area contributed by atoms with Gasteiger partial charge in [0.1, 0.15) is 5.78 Å². The number of hydrogen-bond donors (Lipinski definition) is 0. The zero-order valence-corrected chi connectivity index (χ0v) is 10.5. The van der Waals surface area contributed by atoms with Crippen LogP contribution in [0.2, 0.25) is 0 Å². The van der Waals surface area contributed by atoms with Crippen LogP contribution in [0.15, 0.2) is 23.8 Å². The Morgan fingerprint density at radius 1 is 0.938 bits per heavy atom. The average molecular weight is 220 g/mol. The summed E-state index contributed by atoms with van der Waals surface area (Å²) in [5.41, 5.74) is 1.26. The van der Waals surface area contributed by atoms with Gasteiger partial charge in [0.15, 0.2) is 0 Å². The lowest BCUT2D eigenvalue weighted by molar-refractivity contribution is -0.118. The molecule has 16 heavy (non-hydrogen) atoms. The molecule has 0 N–H and O–H groups in total. The molecule has 90 valence electrons. The summed E-state index contributed by atoms with van der Waals surface area (Å²) < 4.78 is 0. The average Bonchev–Trinajstić information content (AvgIpc) is 2.25. The predicted octanol–water partition coefficient (Wildman–Crippen LogP) is 4.58. The Bertz CT molecular complexity index is 261. The van der Waals surface area contributed by atoms with E-state index in [1.54, 1.807) is 0 Å². The maximum atomic E-state index is 11.6. The minimum absolute atomic E-state index is 0.402. The third-order valence-corrected chi connectivity index (χ3v) is 3.04. The molecule has 0 saturated heterocycles. The van der Waals surface area contributed by atoms with Crippen LogP contribution < -0.4 is 0 Å². The number of carbonyl (C=O) groups is 1. The highest BCUT2D eigenvalue weighted by atomic mass is 16.1. The molecular weight excluding hydrogens is 196 g/mol. The van der Waals surface area contributed by atoms with Crippen molar-refractivity contribution < 1.29 is 4.79 Å². The Labute approximate surface area is 99.6 Å². The first kappa shape index (κ1) is 13.2. The van der Waals surface area contributed by atoms with Gasteiger partial charge in [-0.3, -0.25) is 4.79 Å². The van der Waals surface area contributed by atoms with E-state index in [2.05, 4.69) is 25.2 Å². The van der Waals surface area contributed by atoms with E-state index in [0.717, 1.165) is 25.7 Å². The molecule has 0 aromatic heterocycles. The van der Waals surface area contributed by atoms with Crippen LogP contribution in [0.3, 0.4) is 0 Å². The molecule has 0 heterocycles. The van der Waals surface area contributed by atoms with E-state index in [4.69, 9.17) is 0 Å². The van der Waals surface area contributed by atoms with E-state index < -0.39 is 0 Å². The molecule has 1 aliphatic carbocycles. The SMILES string of the molecule is C/C1=C\CCCCC/C=C/CCCC(=O)C1. The van der Waals surface area contributed by atoms with Gasteiger partial charge in [-0.05, 0) is 45.4 Å². The van der Waals surface area contributed by atoms with Crippen LogP contribution in [0.4, 0.5) is 0 Å². The maximum absolute atomic E-state index is 11.6. The molecule has 0 saturated carbocycles. The van der Waals surface area contributed by atoms with Crippen LogP contribution in [0, 0.1) is 0 Å². The normalized spacial score (nSPS) is 26.6. The first-order valence-corrected chi connectivity index (χ1v) is 6.61. The fraction of sp³-hybridized carbons (Fsp3) is 0.667. The van der Waals surface area contributed by atoms with E-state index in [0.29, 0.717) is 12.2 Å². The van der Waals surface area contributed by atoms with Crippen molar-refractivity contribution in [1.29, 1.82) is 0 Å². The quantitative estimate of drug-likeness (QED) is 0.546. The Kier molecular flexibility index (Phi) is 6.87. The smallest absolute Gasteiger partial charge is 0.136 e. The third kappa shape index (κ3) is 6.60. The lowest BCUT2D eigenvalue weighted by Gasteiger charge is -2.02. The summed E-state index contributed by atoms with van der Waals surface area (Å²) in [7, 11) is 0. The van der Waals surface area contributed by atoms with Crippen molar-refractivity contribution in [2.24, 2.45) is 0 Å². The summed E-state index contributed by atoms with van der Waals surface area (Å²) in [6.45, 7) is 2.09. The monoisotopic (exact) mass is 220 g/mol. The molecule has 0 aliphatic heterocycles. The molecule has 1 rings (SSSR count). The van der Waals surface area contributed by atoms with Gasteiger partial charge in [-0.1, -0.05) is 30.2 Å².